The second-order valence-corrected chi connectivity index (χ2v) is 5.32. The van der Waals surface area contributed by atoms with E-state index in [4.69, 9.17) is 0 Å². The lowest BCUT2D eigenvalue weighted by Gasteiger charge is -2.30. The Labute approximate surface area is 90.2 Å². The third kappa shape index (κ3) is 3.25. The van der Waals surface area contributed by atoms with Crippen LogP contribution in [0.15, 0.2) is 0 Å². The molecule has 0 amide bonds. The largest absolute Gasteiger partial charge is 0.299 e. The van der Waals surface area contributed by atoms with Crippen LogP contribution in [0.5, 0.6) is 0 Å². The first-order chi connectivity index (χ1) is 6.75. The molecule has 0 aromatic carbocycles. The van der Waals surface area contributed by atoms with Gasteiger partial charge in [-0.05, 0) is 19.8 Å². The van der Waals surface area contributed by atoms with E-state index in [0.29, 0.717) is 6.42 Å². The first-order valence-corrected chi connectivity index (χ1v) is 5.67. The lowest BCUT2D eigenvalue weighted by Crippen LogP contribution is -2.35. The van der Waals surface area contributed by atoms with Gasteiger partial charge in [-0.15, -0.1) is 0 Å². The summed E-state index contributed by atoms with van der Waals surface area (Å²) in [5, 5.41) is 0. The second kappa shape index (κ2) is 4.18. The highest BCUT2D eigenvalue weighted by molar-refractivity contribution is 5.86. The summed E-state index contributed by atoms with van der Waals surface area (Å²) >= 11 is 0. The van der Waals surface area contributed by atoms with Gasteiger partial charge in [-0.25, -0.2) is 8.78 Å². The van der Waals surface area contributed by atoms with E-state index in [0.717, 1.165) is 26.2 Å². The van der Waals surface area contributed by atoms with E-state index in [9.17, 15) is 13.6 Å². The SMILES string of the molecule is CC1CCCCC(C)(CC(C)(F)F)C1=O. The fraction of sp³-hybridized carbons (Fsp3) is 0.917. The van der Waals surface area contributed by atoms with Crippen LogP contribution >= 0.6 is 0 Å². The second-order valence-electron chi connectivity index (χ2n) is 5.32. The van der Waals surface area contributed by atoms with Gasteiger partial charge in [0.05, 0.1) is 0 Å². The van der Waals surface area contributed by atoms with E-state index in [1.54, 1.807) is 6.92 Å². The standard InChI is InChI=1S/C12H20F2O/c1-9-6-4-5-7-11(2,10(9)15)8-12(3,13)14/h9H,4-8H2,1-3H3. The van der Waals surface area contributed by atoms with Crippen molar-refractivity contribution in [2.24, 2.45) is 11.3 Å². The van der Waals surface area contributed by atoms with Gasteiger partial charge in [-0.1, -0.05) is 26.7 Å². The average Bonchev–Trinajstić information content (AvgIpc) is 2.16. The third-order valence-corrected chi connectivity index (χ3v) is 3.36. The van der Waals surface area contributed by atoms with Gasteiger partial charge < -0.3 is 0 Å². The smallest absolute Gasteiger partial charge is 0.246 e. The molecule has 2 atom stereocenters. The number of rotatable bonds is 2. The molecule has 1 aliphatic rings. The van der Waals surface area contributed by atoms with Crippen molar-refractivity contribution in [3.63, 3.8) is 0 Å². The quantitative estimate of drug-likeness (QED) is 0.644. The number of hydrogen-bond donors (Lipinski definition) is 0. The minimum absolute atomic E-state index is 0.0292. The Morgan fingerprint density at radius 2 is 2.07 bits per heavy atom. The van der Waals surface area contributed by atoms with Crippen LogP contribution in [0.4, 0.5) is 8.78 Å². The molecule has 0 aromatic heterocycles. The van der Waals surface area contributed by atoms with Gasteiger partial charge in [0, 0.05) is 17.8 Å². The number of carbonyl (C=O) groups is 1. The minimum atomic E-state index is -2.74. The van der Waals surface area contributed by atoms with E-state index in [1.165, 1.54) is 0 Å². The molecule has 88 valence electrons. The number of halogens is 2. The monoisotopic (exact) mass is 218 g/mol. The van der Waals surface area contributed by atoms with Gasteiger partial charge in [0.25, 0.3) is 0 Å². The highest BCUT2D eigenvalue weighted by Crippen LogP contribution is 2.41. The Morgan fingerprint density at radius 3 is 2.60 bits per heavy atom. The molecule has 1 nitrogen and oxygen atoms in total. The lowest BCUT2D eigenvalue weighted by atomic mass is 9.74. The first-order valence-electron chi connectivity index (χ1n) is 5.67. The summed E-state index contributed by atoms with van der Waals surface area (Å²) in [5.74, 6) is -2.77. The van der Waals surface area contributed by atoms with E-state index >= 15 is 0 Å². The Kier molecular flexibility index (Phi) is 3.51. The molecule has 0 bridgehead atoms. The Morgan fingerprint density at radius 1 is 1.47 bits per heavy atom. The third-order valence-electron chi connectivity index (χ3n) is 3.36. The minimum Gasteiger partial charge on any atom is -0.299 e. The van der Waals surface area contributed by atoms with Crippen LogP contribution in [0, 0.1) is 11.3 Å². The molecule has 0 heterocycles. The van der Waals surface area contributed by atoms with Crippen molar-refractivity contribution in [3.05, 3.63) is 0 Å². The summed E-state index contributed by atoms with van der Waals surface area (Å²) in [5.41, 5.74) is -0.811. The summed E-state index contributed by atoms with van der Waals surface area (Å²) in [6.07, 6.45) is 3.03. The molecule has 1 rings (SSSR count). The van der Waals surface area contributed by atoms with Crippen LogP contribution in [0.1, 0.15) is 52.9 Å². The molecule has 15 heavy (non-hydrogen) atoms. The van der Waals surface area contributed by atoms with Crippen molar-refractivity contribution in [1.82, 2.24) is 0 Å². The van der Waals surface area contributed by atoms with Gasteiger partial charge in [0.2, 0.25) is 5.92 Å². The molecule has 1 aliphatic carbocycles. The zero-order valence-electron chi connectivity index (χ0n) is 9.78. The molecule has 0 saturated heterocycles. The fourth-order valence-corrected chi connectivity index (χ4v) is 2.68. The Balaban J connectivity index is 2.83. The summed E-state index contributed by atoms with van der Waals surface area (Å²) in [7, 11) is 0. The molecule has 0 aromatic rings. The van der Waals surface area contributed by atoms with Crippen molar-refractivity contribution in [3.8, 4) is 0 Å². The van der Waals surface area contributed by atoms with Gasteiger partial charge >= 0.3 is 0 Å². The molecule has 0 aliphatic heterocycles. The van der Waals surface area contributed by atoms with Crippen LogP contribution in [0.3, 0.4) is 0 Å². The Hall–Kier alpha value is -0.470. The van der Waals surface area contributed by atoms with Gasteiger partial charge in [-0.3, -0.25) is 4.79 Å². The van der Waals surface area contributed by atoms with Gasteiger partial charge in [0.15, 0.2) is 0 Å². The Bertz CT molecular complexity index is 244. The van der Waals surface area contributed by atoms with Crippen LogP contribution in [-0.2, 0) is 4.79 Å². The van der Waals surface area contributed by atoms with E-state index in [-0.39, 0.29) is 18.1 Å². The molecule has 1 fully saturated rings. The predicted molar refractivity (Wildman–Crippen MR) is 56.0 cm³/mol. The topological polar surface area (TPSA) is 17.1 Å². The van der Waals surface area contributed by atoms with Gasteiger partial charge in [0.1, 0.15) is 5.78 Å². The summed E-state index contributed by atoms with van der Waals surface area (Å²) in [4.78, 5) is 12.0. The van der Waals surface area contributed by atoms with Crippen molar-refractivity contribution >= 4 is 5.78 Å². The molecule has 0 radical (unpaired) electrons. The number of Topliss-reactive ketones (excluding diaryl/α,β-unsaturated/α-hetero) is 1. The van der Waals surface area contributed by atoms with Crippen molar-refractivity contribution in [2.45, 2.75) is 58.8 Å². The van der Waals surface area contributed by atoms with Crippen LogP contribution < -0.4 is 0 Å². The first kappa shape index (κ1) is 12.6. The average molecular weight is 218 g/mol. The lowest BCUT2D eigenvalue weighted by molar-refractivity contribution is -0.136. The summed E-state index contributed by atoms with van der Waals surface area (Å²) in [6, 6.07) is 0. The zero-order chi connectivity index (χ0) is 11.7. The van der Waals surface area contributed by atoms with Crippen molar-refractivity contribution in [1.29, 1.82) is 0 Å². The highest BCUT2D eigenvalue weighted by Gasteiger charge is 2.43. The van der Waals surface area contributed by atoms with Crippen molar-refractivity contribution < 1.29 is 13.6 Å². The van der Waals surface area contributed by atoms with E-state index < -0.39 is 11.3 Å². The fourth-order valence-electron chi connectivity index (χ4n) is 2.68. The number of carbonyl (C=O) groups excluding carboxylic acids is 1. The van der Waals surface area contributed by atoms with E-state index in [2.05, 4.69) is 0 Å². The number of ketones is 1. The summed E-state index contributed by atoms with van der Waals surface area (Å²) in [6.45, 7) is 4.47. The number of hydrogen-bond acceptors (Lipinski definition) is 1. The molecule has 0 N–H and O–H groups in total. The maximum atomic E-state index is 13.0. The normalized spacial score (nSPS) is 33.9. The number of alkyl halides is 2. The zero-order valence-corrected chi connectivity index (χ0v) is 9.78. The van der Waals surface area contributed by atoms with Gasteiger partial charge in [-0.2, -0.15) is 0 Å². The summed E-state index contributed by atoms with van der Waals surface area (Å²) < 4.78 is 26.1. The van der Waals surface area contributed by atoms with Crippen LogP contribution in [-0.4, -0.2) is 11.7 Å². The maximum absolute atomic E-state index is 13.0. The molecule has 1 saturated carbocycles. The predicted octanol–water partition coefficient (Wildman–Crippen LogP) is 3.82. The molecule has 2 unspecified atom stereocenters. The van der Waals surface area contributed by atoms with Crippen molar-refractivity contribution in [2.75, 3.05) is 0 Å². The molecular weight excluding hydrogens is 198 g/mol. The van der Waals surface area contributed by atoms with E-state index in [1.807, 2.05) is 6.92 Å². The molecule has 0 spiro atoms. The van der Waals surface area contributed by atoms with Crippen LogP contribution in [0.25, 0.3) is 0 Å². The molecular formula is C12H20F2O. The highest BCUT2D eigenvalue weighted by atomic mass is 19.3. The maximum Gasteiger partial charge on any atom is 0.246 e. The van der Waals surface area contributed by atoms with Crippen LogP contribution in [0.2, 0.25) is 0 Å². The molecule has 3 heteroatoms.